The van der Waals surface area contributed by atoms with E-state index in [1.807, 2.05) is 31.2 Å². The number of nitrogens with one attached hydrogen (secondary N) is 2. The van der Waals surface area contributed by atoms with E-state index in [2.05, 4.69) is 5.32 Å². The fourth-order valence-corrected chi connectivity index (χ4v) is 2.71. The van der Waals surface area contributed by atoms with E-state index in [9.17, 15) is 9.59 Å². The van der Waals surface area contributed by atoms with E-state index in [4.69, 9.17) is 5.73 Å². The third-order valence-corrected chi connectivity index (χ3v) is 4.14. The Bertz CT molecular complexity index is 491. The van der Waals surface area contributed by atoms with Gasteiger partial charge in [0.05, 0.1) is 26.1 Å². The Labute approximate surface area is 125 Å². The first-order valence-corrected chi connectivity index (χ1v) is 7.54. The highest BCUT2D eigenvalue weighted by atomic mass is 16.2. The Kier molecular flexibility index (Phi) is 5.33. The van der Waals surface area contributed by atoms with Crippen molar-refractivity contribution >= 4 is 17.5 Å². The molecule has 1 aromatic rings. The fraction of sp³-hybridized carbons (Fsp3) is 0.500. The number of aryl methyl sites for hydroxylation is 1. The average molecular weight is 290 g/mol. The molecule has 0 bridgehead atoms. The molecule has 1 aromatic carbocycles. The Morgan fingerprint density at radius 1 is 1.24 bits per heavy atom. The second-order valence-electron chi connectivity index (χ2n) is 5.84. The largest absolute Gasteiger partial charge is 0.369 e. The molecule has 114 valence electrons. The van der Waals surface area contributed by atoms with Crippen molar-refractivity contribution in [2.24, 2.45) is 11.7 Å². The third-order valence-electron chi connectivity index (χ3n) is 4.14. The van der Waals surface area contributed by atoms with Gasteiger partial charge in [0.25, 0.3) is 0 Å². The molecule has 1 heterocycles. The van der Waals surface area contributed by atoms with Gasteiger partial charge in [-0.25, -0.2) is 0 Å². The van der Waals surface area contributed by atoms with Crippen molar-refractivity contribution < 1.29 is 14.5 Å². The van der Waals surface area contributed by atoms with E-state index in [-0.39, 0.29) is 17.7 Å². The normalized spacial score (nSPS) is 21.8. The predicted octanol–water partition coefficient (Wildman–Crippen LogP) is 0.104. The summed E-state index contributed by atoms with van der Waals surface area (Å²) in [6, 6.07) is 7.79. The first kappa shape index (κ1) is 15.5. The van der Waals surface area contributed by atoms with Crippen molar-refractivity contribution in [3.63, 3.8) is 0 Å². The topological polar surface area (TPSA) is 76.6 Å². The minimum Gasteiger partial charge on any atom is -0.369 e. The van der Waals surface area contributed by atoms with Crippen LogP contribution in [-0.2, 0) is 9.59 Å². The minimum absolute atomic E-state index is 0.0233. The molecule has 1 fully saturated rings. The van der Waals surface area contributed by atoms with Crippen LogP contribution in [0.1, 0.15) is 24.8 Å². The van der Waals surface area contributed by atoms with Gasteiger partial charge in [-0.1, -0.05) is 17.7 Å². The number of hydrogen-bond acceptors (Lipinski definition) is 2. The van der Waals surface area contributed by atoms with E-state index >= 15 is 0 Å². The zero-order valence-electron chi connectivity index (χ0n) is 12.5. The number of anilines is 1. The number of rotatable bonds is 5. The Morgan fingerprint density at radius 3 is 2.43 bits per heavy atom. The van der Waals surface area contributed by atoms with Gasteiger partial charge >= 0.3 is 0 Å². The minimum atomic E-state index is -0.189. The molecular weight excluding hydrogens is 266 g/mol. The first-order chi connectivity index (χ1) is 10.0. The van der Waals surface area contributed by atoms with Crippen LogP contribution in [0.3, 0.4) is 0 Å². The first-order valence-electron chi connectivity index (χ1n) is 7.54. The average Bonchev–Trinajstić information content (AvgIpc) is 2.48. The summed E-state index contributed by atoms with van der Waals surface area (Å²) in [5.41, 5.74) is 7.34. The summed E-state index contributed by atoms with van der Waals surface area (Å²) in [5.74, 6) is -0.121. The molecule has 0 spiro atoms. The van der Waals surface area contributed by atoms with Crippen LogP contribution in [0.5, 0.6) is 0 Å². The molecule has 0 atom stereocenters. The molecule has 2 rings (SSSR count). The van der Waals surface area contributed by atoms with Crippen LogP contribution < -0.4 is 16.0 Å². The number of piperidine rings is 1. The van der Waals surface area contributed by atoms with E-state index in [0.717, 1.165) is 38.2 Å². The van der Waals surface area contributed by atoms with Gasteiger partial charge in [0.1, 0.15) is 0 Å². The van der Waals surface area contributed by atoms with Crippen molar-refractivity contribution in [2.45, 2.75) is 26.2 Å². The number of quaternary nitrogens is 1. The van der Waals surface area contributed by atoms with Crippen LogP contribution in [0.4, 0.5) is 5.69 Å². The van der Waals surface area contributed by atoms with Gasteiger partial charge in [-0.3, -0.25) is 9.59 Å². The summed E-state index contributed by atoms with van der Waals surface area (Å²) < 4.78 is 0. The van der Waals surface area contributed by atoms with E-state index in [1.54, 1.807) is 0 Å². The lowest BCUT2D eigenvalue weighted by atomic mass is 9.96. The van der Waals surface area contributed by atoms with Gasteiger partial charge < -0.3 is 16.0 Å². The molecular formula is C16H24N3O2+. The Hall–Kier alpha value is -1.88. The van der Waals surface area contributed by atoms with Crippen molar-refractivity contribution in [3.05, 3.63) is 29.8 Å². The van der Waals surface area contributed by atoms with Gasteiger partial charge in [0.15, 0.2) is 0 Å². The summed E-state index contributed by atoms with van der Waals surface area (Å²) in [4.78, 5) is 24.4. The van der Waals surface area contributed by atoms with Gasteiger partial charge in [0.2, 0.25) is 11.8 Å². The second kappa shape index (κ2) is 7.22. The zero-order valence-corrected chi connectivity index (χ0v) is 12.5. The van der Waals surface area contributed by atoms with E-state index in [1.165, 1.54) is 10.5 Å². The highest BCUT2D eigenvalue weighted by Gasteiger charge is 2.25. The molecule has 4 N–H and O–H groups in total. The fourth-order valence-electron chi connectivity index (χ4n) is 2.71. The number of primary amides is 1. The number of nitrogens with two attached hydrogens (primary N) is 1. The van der Waals surface area contributed by atoms with Crippen molar-refractivity contribution in [3.8, 4) is 0 Å². The predicted molar refractivity (Wildman–Crippen MR) is 81.9 cm³/mol. The molecule has 1 aliphatic heterocycles. The number of hydrogen-bond donors (Lipinski definition) is 3. The Morgan fingerprint density at radius 2 is 1.86 bits per heavy atom. The third kappa shape index (κ3) is 4.86. The standard InChI is InChI=1S/C16H23N3O2/c1-12-2-4-14(5-3-12)18-15(20)8-11-19-9-6-13(7-10-19)16(17)21/h2-5,13H,6-11H2,1H3,(H2,17,21)(H,18,20)/p+1. The monoisotopic (exact) mass is 290 g/mol. The van der Waals surface area contributed by atoms with Crippen molar-refractivity contribution in [1.29, 1.82) is 0 Å². The number of amides is 2. The molecule has 0 aliphatic carbocycles. The van der Waals surface area contributed by atoms with Crippen LogP contribution in [0, 0.1) is 12.8 Å². The zero-order chi connectivity index (χ0) is 15.2. The van der Waals surface area contributed by atoms with Gasteiger partial charge in [-0.05, 0) is 19.1 Å². The smallest absolute Gasteiger partial charge is 0.230 e. The molecule has 2 amide bonds. The molecule has 0 aromatic heterocycles. The quantitative estimate of drug-likeness (QED) is 0.719. The number of benzene rings is 1. The van der Waals surface area contributed by atoms with Crippen LogP contribution >= 0.6 is 0 Å². The molecule has 5 heteroatoms. The summed E-state index contributed by atoms with van der Waals surface area (Å²) in [6.07, 6.45) is 2.18. The van der Waals surface area contributed by atoms with Crippen LogP contribution in [-0.4, -0.2) is 31.4 Å². The number of carbonyl (C=O) groups excluding carboxylic acids is 2. The summed E-state index contributed by atoms with van der Waals surface area (Å²) in [7, 11) is 0. The highest BCUT2D eigenvalue weighted by molar-refractivity contribution is 5.90. The number of likely N-dealkylation sites (tertiary alicyclic amines) is 1. The molecule has 0 saturated carbocycles. The second-order valence-corrected chi connectivity index (χ2v) is 5.84. The summed E-state index contributed by atoms with van der Waals surface area (Å²) >= 11 is 0. The maximum absolute atomic E-state index is 11.9. The lowest BCUT2D eigenvalue weighted by Gasteiger charge is -2.27. The van der Waals surface area contributed by atoms with Crippen molar-refractivity contribution in [2.75, 3.05) is 25.0 Å². The lowest BCUT2D eigenvalue weighted by molar-refractivity contribution is -0.905. The molecule has 1 aliphatic rings. The number of carbonyl (C=O) groups is 2. The summed E-state index contributed by atoms with van der Waals surface area (Å²) in [5, 5.41) is 2.91. The van der Waals surface area contributed by atoms with Crippen LogP contribution in [0.2, 0.25) is 0 Å². The van der Waals surface area contributed by atoms with Crippen molar-refractivity contribution in [1.82, 2.24) is 0 Å². The van der Waals surface area contributed by atoms with Gasteiger partial charge in [0, 0.05) is 24.4 Å². The maximum atomic E-state index is 11.9. The van der Waals surface area contributed by atoms with Crippen LogP contribution in [0.25, 0.3) is 0 Å². The van der Waals surface area contributed by atoms with Gasteiger partial charge in [-0.2, -0.15) is 0 Å². The maximum Gasteiger partial charge on any atom is 0.230 e. The molecule has 0 radical (unpaired) electrons. The van der Waals surface area contributed by atoms with Gasteiger partial charge in [-0.15, -0.1) is 0 Å². The van der Waals surface area contributed by atoms with E-state index < -0.39 is 0 Å². The SMILES string of the molecule is Cc1ccc(NC(=O)CC[NH+]2CCC(C(N)=O)CC2)cc1. The molecule has 1 saturated heterocycles. The molecule has 5 nitrogen and oxygen atoms in total. The van der Waals surface area contributed by atoms with Crippen LogP contribution in [0.15, 0.2) is 24.3 Å². The molecule has 21 heavy (non-hydrogen) atoms. The van der Waals surface area contributed by atoms with E-state index in [0.29, 0.717) is 6.42 Å². The highest BCUT2D eigenvalue weighted by Crippen LogP contribution is 2.09. The molecule has 0 unspecified atom stereocenters. The summed E-state index contributed by atoms with van der Waals surface area (Å²) in [6.45, 7) is 4.67. The lowest BCUT2D eigenvalue weighted by Crippen LogP contribution is -3.13. The Balaban J connectivity index is 1.70.